The van der Waals surface area contributed by atoms with E-state index in [4.69, 9.17) is 4.74 Å². The number of nitrogens with one attached hydrogen (secondary N) is 2. The minimum Gasteiger partial charge on any atom is -0.381 e. The van der Waals surface area contributed by atoms with Crippen molar-refractivity contribution in [2.24, 2.45) is 5.92 Å². The third-order valence-electron chi connectivity index (χ3n) is 5.47. The van der Waals surface area contributed by atoms with Gasteiger partial charge in [0, 0.05) is 36.1 Å². The lowest BCUT2D eigenvalue weighted by Gasteiger charge is -2.38. The summed E-state index contributed by atoms with van der Waals surface area (Å²) in [5.74, 6) is 0.851. The molecule has 0 aromatic heterocycles. The molecule has 1 atom stereocenters. The molecular weight excluding hydrogens is 404 g/mol. The van der Waals surface area contributed by atoms with Gasteiger partial charge in [-0.15, -0.1) is 12.4 Å². The smallest absolute Gasteiger partial charge is 0.220 e. The number of carbonyl (C=O) groups excluding carboxylic acids is 1. The summed E-state index contributed by atoms with van der Waals surface area (Å²) < 4.78 is 6.65. The predicted octanol–water partition coefficient (Wildman–Crippen LogP) is 3.43. The fourth-order valence-electron chi connectivity index (χ4n) is 3.79. The molecule has 2 aliphatic rings. The van der Waals surface area contributed by atoms with Crippen LogP contribution in [-0.4, -0.2) is 38.8 Å². The van der Waals surface area contributed by atoms with E-state index in [2.05, 4.69) is 50.8 Å². The van der Waals surface area contributed by atoms with E-state index in [1.807, 2.05) is 0 Å². The second-order valence-electron chi connectivity index (χ2n) is 7.07. The zero-order valence-electron chi connectivity index (χ0n) is 14.6. The molecule has 3 rings (SSSR count). The van der Waals surface area contributed by atoms with Crippen molar-refractivity contribution in [3.05, 3.63) is 34.3 Å². The third-order valence-corrected chi connectivity index (χ3v) is 6.00. The van der Waals surface area contributed by atoms with E-state index < -0.39 is 0 Å². The molecule has 25 heavy (non-hydrogen) atoms. The Kier molecular flexibility index (Phi) is 8.20. The number of benzene rings is 1. The van der Waals surface area contributed by atoms with Gasteiger partial charge in [0.2, 0.25) is 5.91 Å². The van der Waals surface area contributed by atoms with Crippen LogP contribution < -0.4 is 10.6 Å². The fourth-order valence-corrected chi connectivity index (χ4v) is 4.05. The first-order valence-corrected chi connectivity index (χ1v) is 9.78. The Balaban J connectivity index is 0.00000225. The Labute approximate surface area is 165 Å². The first kappa shape index (κ1) is 20.7. The van der Waals surface area contributed by atoms with E-state index in [9.17, 15) is 4.79 Å². The van der Waals surface area contributed by atoms with Crippen molar-refractivity contribution in [2.45, 2.75) is 37.5 Å². The van der Waals surface area contributed by atoms with Crippen LogP contribution in [0.15, 0.2) is 28.7 Å². The highest BCUT2D eigenvalue weighted by Crippen LogP contribution is 2.35. The molecule has 1 aromatic carbocycles. The predicted molar refractivity (Wildman–Crippen MR) is 106 cm³/mol. The van der Waals surface area contributed by atoms with Crippen LogP contribution in [-0.2, 0) is 14.9 Å². The lowest BCUT2D eigenvalue weighted by molar-refractivity contribution is -0.121. The van der Waals surface area contributed by atoms with Gasteiger partial charge in [0.1, 0.15) is 0 Å². The zero-order valence-corrected chi connectivity index (χ0v) is 17.0. The summed E-state index contributed by atoms with van der Waals surface area (Å²) in [6, 6.07) is 8.51. The minimum absolute atomic E-state index is 0. The number of ether oxygens (including phenoxy) is 1. The van der Waals surface area contributed by atoms with E-state index in [1.54, 1.807) is 0 Å². The van der Waals surface area contributed by atoms with Crippen LogP contribution in [0.5, 0.6) is 0 Å². The van der Waals surface area contributed by atoms with Crippen LogP contribution in [0.4, 0.5) is 0 Å². The maximum Gasteiger partial charge on any atom is 0.220 e. The molecule has 0 aliphatic carbocycles. The highest BCUT2D eigenvalue weighted by atomic mass is 79.9. The lowest BCUT2D eigenvalue weighted by Crippen LogP contribution is -2.44. The van der Waals surface area contributed by atoms with Gasteiger partial charge < -0.3 is 15.4 Å². The van der Waals surface area contributed by atoms with Crippen LogP contribution in [0.3, 0.4) is 0 Å². The first-order valence-electron chi connectivity index (χ1n) is 8.99. The fraction of sp³-hybridized carbons (Fsp3) is 0.632. The number of hydrogen-bond acceptors (Lipinski definition) is 3. The molecule has 0 radical (unpaired) electrons. The Morgan fingerprint density at radius 2 is 2.00 bits per heavy atom. The van der Waals surface area contributed by atoms with Crippen molar-refractivity contribution < 1.29 is 9.53 Å². The summed E-state index contributed by atoms with van der Waals surface area (Å²) >= 11 is 3.50. The number of halogens is 2. The van der Waals surface area contributed by atoms with Gasteiger partial charge in [-0.05, 0) is 62.4 Å². The molecule has 4 nitrogen and oxygen atoms in total. The number of carbonyl (C=O) groups is 1. The summed E-state index contributed by atoms with van der Waals surface area (Å²) in [5, 5.41) is 6.57. The molecule has 1 aromatic rings. The number of hydrogen-bond donors (Lipinski definition) is 2. The molecule has 1 amide bonds. The van der Waals surface area contributed by atoms with E-state index in [-0.39, 0.29) is 23.7 Å². The molecule has 0 bridgehead atoms. The SMILES string of the molecule is Cl.O=C(CCC1CCNC1)NCC1(c2ccc(Br)cc2)CCOCC1. The minimum atomic E-state index is 0. The average Bonchev–Trinajstić information content (AvgIpc) is 3.13. The summed E-state index contributed by atoms with van der Waals surface area (Å²) in [6.45, 7) is 4.39. The molecule has 1 unspecified atom stereocenters. The van der Waals surface area contributed by atoms with Crippen LogP contribution >= 0.6 is 28.3 Å². The first-order chi connectivity index (χ1) is 11.7. The summed E-state index contributed by atoms with van der Waals surface area (Å²) in [7, 11) is 0. The molecule has 2 fully saturated rings. The molecule has 2 N–H and O–H groups in total. The van der Waals surface area contributed by atoms with Gasteiger partial charge in [0.05, 0.1) is 0 Å². The topological polar surface area (TPSA) is 50.4 Å². The van der Waals surface area contributed by atoms with E-state index >= 15 is 0 Å². The molecule has 0 saturated carbocycles. The van der Waals surface area contributed by atoms with Gasteiger partial charge in [-0.3, -0.25) is 4.79 Å². The van der Waals surface area contributed by atoms with Gasteiger partial charge in [-0.1, -0.05) is 28.1 Å². The second kappa shape index (κ2) is 9.91. The standard InChI is InChI=1S/C19H27BrN2O2.ClH/c20-17-4-2-16(3-5-17)19(8-11-24-12-9-19)14-22-18(23)6-1-15-7-10-21-13-15;/h2-5,15,21H,1,6-14H2,(H,22,23);1H. The molecule has 2 saturated heterocycles. The highest BCUT2D eigenvalue weighted by Gasteiger charge is 2.34. The Hall–Kier alpha value is -0.620. The summed E-state index contributed by atoms with van der Waals surface area (Å²) in [4.78, 5) is 12.3. The Morgan fingerprint density at radius 1 is 1.28 bits per heavy atom. The quantitative estimate of drug-likeness (QED) is 0.725. The van der Waals surface area contributed by atoms with Crippen molar-refractivity contribution in [1.82, 2.24) is 10.6 Å². The Bertz CT molecular complexity index is 541. The Morgan fingerprint density at radius 3 is 2.64 bits per heavy atom. The van der Waals surface area contributed by atoms with Crippen molar-refractivity contribution >= 4 is 34.2 Å². The normalized spacial score (nSPS) is 22.2. The molecule has 6 heteroatoms. The molecule has 140 valence electrons. The van der Waals surface area contributed by atoms with Gasteiger partial charge in [-0.25, -0.2) is 0 Å². The van der Waals surface area contributed by atoms with Crippen LogP contribution in [0, 0.1) is 5.92 Å². The van der Waals surface area contributed by atoms with Crippen molar-refractivity contribution in [3.63, 3.8) is 0 Å². The lowest BCUT2D eigenvalue weighted by atomic mass is 9.74. The zero-order chi connectivity index (χ0) is 16.8. The van der Waals surface area contributed by atoms with Crippen molar-refractivity contribution in [1.29, 1.82) is 0 Å². The second-order valence-corrected chi connectivity index (χ2v) is 7.99. The van der Waals surface area contributed by atoms with Crippen molar-refractivity contribution in [2.75, 3.05) is 32.8 Å². The van der Waals surface area contributed by atoms with Gasteiger partial charge >= 0.3 is 0 Å². The average molecular weight is 432 g/mol. The maximum atomic E-state index is 12.3. The summed E-state index contributed by atoms with van der Waals surface area (Å²) in [6.07, 6.45) is 4.75. The van der Waals surface area contributed by atoms with Crippen LogP contribution in [0.1, 0.15) is 37.7 Å². The van der Waals surface area contributed by atoms with Gasteiger partial charge in [0.25, 0.3) is 0 Å². The van der Waals surface area contributed by atoms with E-state index in [0.717, 1.165) is 50.0 Å². The van der Waals surface area contributed by atoms with Crippen LogP contribution in [0.25, 0.3) is 0 Å². The van der Waals surface area contributed by atoms with Crippen LogP contribution in [0.2, 0.25) is 0 Å². The number of rotatable bonds is 6. The molecular formula is C19H28BrClN2O2. The van der Waals surface area contributed by atoms with Gasteiger partial charge in [0.15, 0.2) is 0 Å². The molecule has 0 spiro atoms. The third kappa shape index (κ3) is 5.68. The van der Waals surface area contributed by atoms with Crippen molar-refractivity contribution in [3.8, 4) is 0 Å². The van der Waals surface area contributed by atoms with Gasteiger partial charge in [-0.2, -0.15) is 0 Å². The monoisotopic (exact) mass is 430 g/mol. The maximum absolute atomic E-state index is 12.3. The molecule has 2 heterocycles. The summed E-state index contributed by atoms with van der Waals surface area (Å²) in [5.41, 5.74) is 1.30. The van der Waals surface area contributed by atoms with E-state index in [1.165, 1.54) is 12.0 Å². The number of amides is 1. The molecule has 2 aliphatic heterocycles. The highest BCUT2D eigenvalue weighted by molar-refractivity contribution is 9.10. The largest absolute Gasteiger partial charge is 0.381 e. The van der Waals surface area contributed by atoms with E-state index in [0.29, 0.717) is 18.9 Å².